The first-order valence-corrected chi connectivity index (χ1v) is 5.63. The zero-order valence-corrected chi connectivity index (χ0v) is 9.61. The van der Waals surface area contributed by atoms with E-state index in [1.54, 1.807) is 12.1 Å². The topological polar surface area (TPSA) is 44.5 Å². The Morgan fingerprint density at radius 3 is 2.33 bits per heavy atom. The van der Waals surface area contributed by atoms with E-state index in [-0.39, 0.29) is 11.8 Å². The van der Waals surface area contributed by atoms with Gasteiger partial charge < -0.3 is 15.2 Å². The second-order valence-electron chi connectivity index (χ2n) is 4.36. The van der Waals surface area contributed by atoms with Crippen LogP contribution in [0.2, 0.25) is 0 Å². The van der Waals surface area contributed by atoms with Crippen LogP contribution in [0.5, 0.6) is 5.75 Å². The molecule has 0 aliphatic carbocycles. The van der Waals surface area contributed by atoms with Crippen LogP contribution in [-0.4, -0.2) is 19.6 Å². The first-order chi connectivity index (χ1) is 8.44. The number of alkyl halides is 3. The maximum Gasteiger partial charge on any atom is 0.573 e. The predicted octanol–water partition coefficient (Wildman–Crippen LogP) is 2.62. The average molecular weight is 261 g/mol. The molecule has 100 valence electrons. The molecule has 1 aliphatic heterocycles. The molecule has 0 saturated carbocycles. The normalized spacial score (nSPS) is 18.2. The van der Waals surface area contributed by atoms with Crippen LogP contribution >= 0.6 is 0 Å². The van der Waals surface area contributed by atoms with Crippen molar-refractivity contribution in [3.63, 3.8) is 0 Å². The number of halogens is 3. The van der Waals surface area contributed by atoms with Crippen molar-refractivity contribution in [3.05, 3.63) is 29.8 Å². The summed E-state index contributed by atoms with van der Waals surface area (Å²) in [5, 5.41) is 0. The first kappa shape index (κ1) is 13.2. The number of ether oxygens (including phenoxy) is 2. The predicted molar refractivity (Wildman–Crippen MR) is 59.0 cm³/mol. The van der Waals surface area contributed by atoms with E-state index in [0.29, 0.717) is 19.1 Å². The Labute approximate surface area is 103 Å². The molecule has 2 rings (SSSR count). The lowest BCUT2D eigenvalue weighted by Gasteiger charge is -2.28. The van der Waals surface area contributed by atoms with Crippen molar-refractivity contribution in [1.29, 1.82) is 0 Å². The third-order valence-electron chi connectivity index (χ3n) is 2.84. The molecule has 0 amide bonds. The molecular formula is C12H14F3NO2. The fraction of sp³-hybridized carbons (Fsp3) is 0.500. The summed E-state index contributed by atoms with van der Waals surface area (Å²) in [6.45, 7) is 1.42. The molecule has 1 aliphatic rings. The molecule has 0 aromatic heterocycles. The van der Waals surface area contributed by atoms with Crippen LogP contribution in [0, 0.1) is 5.92 Å². The summed E-state index contributed by atoms with van der Waals surface area (Å²) in [4.78, 5) is 0. The van der Waals surface area contributed by atoms with E-state index < -0.39 is 6.36 Å². The summed E-state index contributed by atoms with van der Waals surface area (Å²) in [7, 11) is 0. The average Bonchev–Trinajstić information content (AvgIpc) is 2.22. The summed E-state index contributed by atoms with van der Waals surface area (Å²) < 4.78 is 44.7. The van der Waals surface area contributed by atoms with E-state index in [9.17, 15) is 13.2 Å². The second-order valence-corrected chi connectivity index (χ2v) is 4.36. The van der Waals surface area contributed by atoms with Crippen molar-refractivity contribution < 1.29 is 22.6 Å². The summed E-state index contributed by atoms with van der Waals surface area (Å²) in [5.74, 6) is 0.219. The van der Waals surface area contributed by atoms with Gasteiger partial charge in [0.1, 0.15) is 5.75 Å². The zero-order chi connectivity index (χ0) is 13.2. The Bertz CT molecular complexity index is 387. The Morgan fingerprint density at radius 2 is 1.89 bits per heavy atom. The molecule has 2 N–H and O–H groups in total. The molecule has 18 heavy (non-hydrogen) atoms. The van der Waals surface area contributed by atoms with Crippen molar-refractivity contribution in [2.24, 2.45) is 11.7 Å². The molecule has 0 bridgehead atoms. The number of nitrogens with two attached hydrogens (primary N) is 1. The van der Waals surface area contributed by atoms with Gasteiger partial charge in [0.2, 0.25) is 0 Å². The Hall–Kier alpha value is -1.27. The van der Waals surface area contributed by atoms with Gasteiger partial charge in [-0.15, -0.1) is 13.2 Å². The van der Waals surface area contributed by atoms with Crippen LogP contribution in [0.25, 0.3) is 0 Å². The van der Waals surface area contributed by atoms with Crippen molar-refractivity contribution in [3.8, 4) is 5.75 Å². The molecule has 1 saturated heterocycles. The van der Waals surface area contributed by atoms with Gasteiger partial charge in [-0.1, -0.05) is 12.1 Å². The number of hydrogen-bond acceptors (Lipinski definition) is 3. The van der Waals surface area contributed by atoms with Gasteiger partial charge in [0.25, 0.3) is 0 Å². The highest BCUT2D eigenvalue weighted by Gasteiger charge is 2.31. The van der Waals surface area contributed by atoms with Crippen LogP contribution in [0.3, 0.4) is 0 Å². The van der Waals surface area contributed by atoms with E-state index in [0.717, 1.165) is 12.0 Å². The van der Waals surface area contributed by atoms with Gasteiger partial charge in [-0.05, 0) is 24.1 Å². The van der Waals surface area contributed by atoms with Crippen LogP contribution in [-0.2, 0) is 4.74 Å². The molecule has 1 aromatic carbocycles. The lowest BCUT2D eigenvalue weighted by Crippen LogP contribution is -2.30. The minimum atomic E-state index is -4.66. The van der Waals surface area contributed by atoms with Crippen molar-refractivity contribution in [2.75, 3.05) is 13.2 Å². The van der Waals surface area contributed by atoms with Crippen molar-refractivity contribution in [1.82, 2.24) is 0 Å². The van der Waals surface area contributed by atoms with Gasteiger partial charge in [0, 0.05) is 12.0 Å². The number of hydrogen-bond donors (Lipinski definition) is 1. The minimum absolute atomic E-state index is 0.182. The largest absolute Gasteiger partial charge is 0.573 e. The molecular weight excluding hydrogens is 247 g/mol. The maximum atomic E-state index is 12.0. The van der Waals surface area contributed by atoms with Gasteiger partial charge in [-0.25, -0.2) is 0 Å². The standard InChI is InChI=1S/C12H14F3NO2/c13-12(14,15)18-10-3-1-9(2-4-10)11(16)5-8-6-17-7-8/h1-4,8,11H,5-7,16H2. The lowest BCUT2D eigenvalue weighted by atomic mass is 9.94. The fourth-order valence-electron chi connectivity index (χ4n) is 1.83. The molecule has 0 spiro atoms. The molecule has 1 atom stereocenters. The summed E-state index contributed by atoms with van der Waals surface area (Å²) >= 11 is 0. The number of benzene rings is 1. The van der Waals surface area contributed by atoms with Crippen LogP contribution in [0.4, 0.5) is 13.2 Å². The highest BCUT2D eigenvalue weighted by Crippen LogP contribution is 2.27. The van der Waals surface area contributed by atoms with E-state index in [1.165, 1.54) is 12.1 Å². The maximum absolute atomic E-state index is 12.0. The summed E-state index contributed by atoms with van der Waals surface area (Å²) in [5.41, 5.74) is 6.77. The fourth-order valence-corrected chi connectivity index (χ4v) is 1.83. The van der Waals surface area contributed by atoms with Gasteiger partial charge in [-0.3, -0.25) is 0 Å². The highest BCUT2D eigenvalue weighted by molar-refractivity contribution is 5.29. The molecule has 1 heterocycles. The van der Waals surface area contributed by atoms with E-state index in [2.05, 4.69) is 4.74 Å². The third-order valence-corrected chi connectivity index (χ3v) is 2.84. The van der Waals surface area contributed by atoms with Crippen LogP contribution in [0.1, 0.15) is 18.0 Å². The van der Waals surface area contributed by atoms with Gasteiger partial charge in [0.05, 0.1) is 13.2 Å². The third kappa shape index (κ3) is 3.61. The van der Waals surface area contributed by atoms with Crippen LogP contribution < -0.4 is 10.5 Å². The molecule has 3 nitrogen and oxygen atoms in total. The Morgan fingerprint density at radius 1 is 1.28 bits per heavy atom. The number of rotatable bonds is 4. The van der Waals surface area contributed by atoms with Crippen molar-refractivity contribution >= 4 is 0 Å². The van der Waals surface area contributed by atoms with Gasteiger partial charge >= 0.3 is 6.36 Å². The van der Waals surface area contributed by atoms with E-state index in [4.69, 9.17) is 10.5 Å². The van der Waals surface area contributed by atoms with Crippen LogP contribution in [0.15, 0.2) is 24.3 Å². The highest BCUT2D eigenvalue weighted by atomic mass is 19.4. The quantitative estimate of drug-likeness (QED) is 0.906. The molecule has 1 aromatic rings. The van der Waals surface area contributed by atoms with Crippen molar-refractivity contribution in [2.45, 2.75) is 18.8 Å². The minimum Gasteiger partial charge on any atom is -0.406 e. The second kappa shape index (κ2) is 5.16. The molecule has 6 heteroatoms. The molecule has 0 radical (unpaired) electrons. The SMILES string of the molecule is NC(CC1COC1)c1ccc(OC(F)(F)F)cc1. The Balaban J connectivity index is 1.93. The van der Waals surface area contributed by atoms with Gasteiger partial charge in [0.15, 0.2) is 0 Å². The Kier molecular flexibility index (Phi) is 3.77. The van der Waals surface area contributed by atoms with E-state index >= 15 is 0 Å². The van der Waals surface area contributed by atoms with Gasteiger partial charge in [-0.2, -0.15) is 0 Å². The zero-order valence-electron chi connectivity index (χ0n) is 9.61. The van der Waals surface area contributed by atoms with E-state index in [1.807, 2.05) is 0 Å². The molecule has 1 fully saturated rings. The summed E-state index contributed by atoms with van der Waals surface area (Å²) in [6, 6.07) is 5.50. The monoisotopic (exact) mass is 261 g/mol. The smallest absolute Gasteiger partial charge is 0.406 e. The lowest BCUT2D eigenvalue weighted by molar-refractivity contribution is -0.274. The molecule has 1 unspecified atom stereocenters. The first-order valence-electron chi connectivity index (χ1n) is 5.63. The summed E-state index contributed by atoms with van der Waals surface area (Å²) in [6.07, 6.45) is -3.88.